The number of piperidine rings is 1. The second-order valence-electron chi connectivity index (χ2n) is 5.02. The molecule has 0 atom stereocenters. The van der Waals surface area contributed by atoms with Gasteiger partial charge in [0.05, 0.1) is 7.11 Å². The maximum Gasteiger partial charge on any atom is 0.409 e. The van der Waals surface area contributed by atoms with Crippen molar-refractivity contribution < 1.29 is 9.53 Å². The molecule has 86 valence electrons. The molecule has 0 aromatic rings. The van der Waals surface area contributed by atoms with Crippen LogP contribution in [0.3, 0.4) is 0 Å². The lowest BCUT2D eigenvalue weighted by Crippen LogP contribution is -2.43. The van der Waals surface area contributed by atoms with E-state index in [-0.39, 0.29) is 6.09 Å². The number of amides is 1. The second kappa shape index (κ2) is 4.42. The van der Waals surface area contributed by atoms with E-state index in [9.17, 15) is 4.79 Å². The van der Waals surface area contributed by atoms with E-state index in [0.29, 0.717) is 5.41 Å². The molecule has 1 spiro atoms. The molecule has 1 saturated carbocycles. The van der Waals surface area contributed by atoms with Gasteiger partial charge in [-0.1, -0.05) is 19.3 Å². The van der Waals surface area contributed by atoms with Crippen LogP contribution >= 0.6 is 0 Å². The number of methoxy groups -OCH3 is 1. The second-order valence-corrected chi connectivity index (χ2v) is 5.02. The van der Waals surface area contributed by atoms with Crippen LogP contribution in [-0.2, 0) is 4.74 Å². The minimum Gasteiger partial charge on any atom is -0.453 e. The average Bonchev–Trinajstić information content (AvgIpc) is 2.30. The number of carbonyl (C=O) groups excluding carboxylic acids is 1. The molecule has 2 fully saturated rings. The molecule has 0 aromatic carbocycles. The predicted molar refractivity (Wildman–Crippen MR) is 58.7 cm³/mol. The van der Waals surface area contributed by atoms with Gasteiger partial charge in [0.1, 0.15) is 0 Å². The Bertz CT molecular complexity index is 224. The highest BCUT2D eigenvalue weighted by Crippen LogP contribution is 2.44. The van der Waals surface area contributed by atoms with E-state index in [0.717, 1.165) is 13.1 Å². The SMILES string of the molecule is COC(=O)N1CCC2(CCCCC2)CC1. The number of rotatable bonds is 0. The van der Waals surface area contributed by atoms with Crippen LogP contribution < -0.4 is 0 Å². The Morgan fingerprint density at radius 3 is 2.20 bits per heavy atom. The monoisotopic (exact) mass is 211 g/mol. The van der Waals surface area contributed by atoms with Crippen molar-refractivity contribution in [3.8, 4) is 0 Å². The first kappa shape index (κ1) is 10.8. The fraction of sp³-hybridized carbons (Fsp3) is 0.917. The molecule has 15 heavy (non-hydrogen) atoms. The normalized spacial score (nSPS) is 25.3. The van der Waals surface area contributed by atoms with Gasteiger partial charge in [0.2, 0.25) is 0 Å². The number of carbonyl (C=O) groups is 1. The van der Waals surface area contributed by atoms with Crippen LogP contribution in [0.4, 0.5) is 4.79 Å². The number of nitrogens with zero attached hydrogens (tertiary/aromatic N) is 1. The van der Waals surface area contributed by atoms with Gasteiger partial charge in [-0.3, -0.25) is 0 Å². The third kappa shape index (κ3) is 2.27. The van der Waals surface area contributed by atoms with E-state index in [2.05, 4.69) is 0 Å². The Morgan fingerprint density at radius 1 is 1.07 bits per heavy atom. The van der Waals surface area contributed by atoms with E-state index in [1.165, 1.54) is 52.1 Å². The molecule has 3 nitrogen and oxygen atoms in total. The molecule has 2 rings (SSSR count). The van der Waals surface area contributed by atoms with Gasteiger partial charge in [0, 0.05) is 13.1 Å². The van der Waals surface area contributed by atoms with Crippen molar-refractivity contribution in [2.24, 2.45) is 5.41 Å². The van der Waals surface area contributed by atoms with E-state index < -0.39 is 0 Å². The van der Waals surface area contributed by atoms with Gasteiger partial charge in [-0.05, 0) is 31.1 Å². The van der Waals surface area contributed by atoms with Crippen molar-refractivity contribution in [1.82, 2.24) is 4.90 Å². The first-order valence-corrected chi connectivity index (χ1v) is 6.09. The zero-order valence-electron chi connectivity index (χ0n) is 9.63. The zero-order valence-corrected chi connectivity index (χ0v) is 9.63. The van der Waals surface area contributed by atoms with Crippen LogP contribution in [0.2, 0.25) is 0 Å². The smallest absolute Gasteiger partial charge is 0.409 e. The molecule has 3 heteroatoms. The number of hydrogen-bond donors (Lipinski definition) is 0. The standard InChI is InChI=1S/C12H21NO2/c1-15-11(14)13-9-7-12(8-10-13)5-3-2-4-6-12/h2-10H2,1H3. The van der Waals surface area contributed by atoms with Crippen molar-refractivity contribution in [2.45, 2.75) is 44.9 Å². The highest BCUT2D eigenvalue weighted by molar-refractivity contribution is 5.67. The van der Waals surface area contributed by atoms with Crippen molar-refractivity contribution >= 4 is 6.09 Å². The van der Waals surface area contributed by atoms with Gasteiger partial charge in [-0.15, -0.1) is 0 Å². The molecule has 0 N–H and O–H groups in total. The first-order chi connectivity index (χ1) is 7.26. The van der Waals surface area contributed by atoms with E-state index in [1.807, 2.05) is 4.90 Å². The molecule has 1 aliphatic carbocycles. The molecular weight excluding hydrogens is 190 g/mol. The number of ether oxygens (including phenoxy) is 1. The minimum atomic E-state index is -0.152. The summed E-state index contributed by atoms with van der Waals surface area (Å²) in [7, 11) is 1.47. The molecular formula is C12H21NO2. The lowest BCUT2D eigenvalue weighted by atomic mass is 9.68. The fourth-order valence-electron chi connectivity index (χ4n) is 3.09. The van der Waals surface area contributed by atoms with Gasteiger partial charge in [0.15, 0.2) is 0 Å². The van der Waals surface area contributed by atoms with Gasteiger partial charge >= 0.3 is 6.09 Å². The van der Waals surface area contributed by atoms with Gasteiger partial charge in [-0.25, -0.2) is 4.79 Å². The van der Waals surface area contributed by atoms with Crippen LogP contribution in [0.5, 0.6) is 0 Å². The summed E-state index contributed by atoms with van der Waals surface area (Å²) in [6, 6.07) is 0. The van der Waals surface area contributed by atoms with Crippen molar-refractivity contribution in [2.75, 3.05) is 20.2 Å². The Labute approximate surface area is 91.8 Å². The topological polar surface area (TPSA) is 29.5 Å². The Kier molecular flexibility index (Phi) is 3.17. The summed E-state index contributed by atoms with van der Waals surface area (Å²) in [6.45, 7) is 1.79. The summed E-state index contributed by atoms with van der Waals surface area (Å²) in [5.41, 5.74) is 0.572. The van der Waals surface area contributed by atoms with Crippen molar-refractivity contribution in [3.05, 3.63) is 0 Å². The highest BCUT2D eigenvalue weighted by atomic mass is 16.5. The van der Waals surface area contributed by atoms with Crippen LogP contribution in [0, 0.1) is 5.41 Å². The molecule has 1 heterocycles. The first-order valence-electron chi connectivity index (χ1n) is 6.09. The van der Waals surface area contributed by atoms with E-state index in [4.69, 9.17) is 4.74 Å². The van der Waals surface area contributed by atoms with Crippen molar-refractivity contribution in [3.63, 3.8) is 0 Å². The number of hydrogen-bond acceptors (Lipinski definition) is 2. The molecule has 1 saturated heterocycles. The molecule has 0 radical (unpaired) electrons. The quantitative estimate of drug-likeness (QED) is 0.616. The Morgan fingerprint density at radius 2 is 1.67 bits per heavy atom. The Balaban J connectivity index is 1.88. The van der Waals surface area contributed by atoms with Gasteiger partial charge < -0.3 is 9.64 Å². The van der Waals surface area contributed by atoms with Crippen molar-refractivity contribution in [1.29, 1.82) is 0 Å². The predicted octanol–water partition coefficient (Wildman–Crippen LogP) is 2.80. The summed E-state index contributed by atoms with van der Waals surface area (Å²) in [6.07, 6.45) is 9.15. The highest BCUT2D eigenvalue weighted by Gasteiger charge is 2.36. The maximum atomic E-state index is 11.3. The molecule has 0 bridgehead atoms. The van der Waals surface area contributed by atoms with Crippen LogP contribution in [0.1, 0.15) is 44.9 Å². The van der Waals surface area contributed by atoms with E-state index >= 15 is 0 Å². The molecule has 1 amide bonds. The summed E-state index contributed by atoms with van der Waals surface area (Å²) in [5, 5.41) is 0. The summed E-state index contributed by atoms with van der Waals surface area (Å²) < 4.78 is 4.75. The zero-order chi connectivity index (χ0) is 10.7. The lowest BCUT2D eigenvalue weighted by molar-refractivity contribution is 0.0570. The van der Waals surface area contributed by atoms with Crippen LogP contribution in [0.15, 0.2) is 0 Å². The summed E-state index contributed by atoms with van der Waals surface area (Å²) in [4.78, 5) is 13.2. The fourth-order valence-corrected chi connectivity index (χ4v) is 3.09. The van der Waals surface area contributed by atoms with Gasteiger partial charge in [-0.2, -0.15) is 0 Å². The van der Waals surface area contributed by atoms with E-state index in [1.54, 1.807) is 0 Å². The molecule has 2 aliphatic rings. The summed E-state index contributed by atoms with van der Waals surface area (Å²) in [5.74, 6) is 0. The van der Waals surface area contributed by atoms with Gasteiger partial charge in [0.25, 0.3) is 0 Å². The van der Waals surface area contributed by atoms with Crippen LogP contribution in [0.25, 0.3) is 0 Å². The minimum absolute atomic E-state index is 0.152. The number of likely N-dealkylation sites (tertiary alicyclic amines) is 1. The molecule has 0 aromatic heterocycles. The lowest BCUT2D eigenvalue weighted by Gasteiger charge is -2.43. The maximum absolute atomic E-state index is 11.3. The Hall–Kier alpha value is -0.730. The molecule has 0 unspecified atom stereocenters. The average molecular weight is 211 g/mol. The third-order valence-electron chi connectivity index (χ3n) is 4.17. The van der Waals surface area contributed by atoms with Crippen LogP contribution in [-0.4, -0.2) is 31.2 Å². The third-order valence-corrected chi connectivity index (χ3v) is 4.17. The largest absolute Gasteiger partial charge is 0.453 e. The molecule has 1 aliphatic heterocycles. The summed E-state index contributed by atoms with van der Waals surface area (Å²) >= 11 is 0.